The molecule has 1 rings (SSSR count). The fourth-order valence-corrected chi connectivity index (χ4v) is 2.24. The monoisotopic (exact) mass is 282 g/mol. The lowest BCUT2D eigenvalue weighted by molar-refractivity contribution is -0.00324. The largest absolute Gasteiger partial charge is 0.382 e. The van der Waals surface area contributed by atoms with Gasteiger partial charge in [-0.3, -0.25) is 4.90 Å². The Hall–Kier alpha value is 0.0900. The van der Waals surface area contributed by atoms with Crippen molar-refractivity contribution in [3.8, 4) is 0 Å². The number of rotatable bonds is 8. The molecule has 1 heterocycles. The summed E-state index contributed by atoms with van der Waals surface area (Å²) < 4.78 is 15.8. The van der Waals surface area contributed by atoms with Crippen LogP contribution in [-0.4, -0.2) is 70.7 Å². The van der Waals surface area contributed by atoms with E-state index >= 15 is 0 Å². The minimum absolute atomic E-state index is 0. The van der Waals surface area contributed by atoms with Gasteiger partial charge in [0.25, 0.3) is 0 Å². The highest BCUT2D eigenvalue weighted by Crippen LogP contribution is 2.18. The molecule has 0 spiro atoms. The minimum atomic E-state index is 0. The van der Waals surface area contributed by atoms with Crippen LogP contribution in [0.25, 0.3) is 0 Å². The van der Waals surface area contributed by atoms with Crippen LogP contribution in [0.5, 0.6) is 0 Å². The molecule has 0 radical (unpaired) electrons. The summed E-state index contributed by atoms with van der Waals surface area (Å²) in [7, 11) is 3.46. The molecule has 110 valence electrons. The lowest BCUT2D eigenvalue weighted by atomic mass is 9.99. The first-order chi connectivity index (χ1) is 8.31. The van der Waals surface area contributed by atoms with Crippen molar-refractivity contribution in [1.29, 1.82) is 0 Å². The van der Waals surface area contributed by atoms with Gasteiger partial charge < -0.3 is 19.9 Å². The van der Waals surface area contributed by atoms with Crippen LogP contribution in [0.2, 0.25) is 0 Å². The molecule has 0 aromatic rings. The smallest absolute Gasteiger partial charge is 0.0700 e. The number of halogens is 1. The molecule has 2 N–H and O–H groups in total. The van der Waals surface area contributed by atoms with Crippen molar-refractivity contribution in [2.75, 3.05) is 53.7 Å². The molecule has 0 aliphatic carbocycles. The Kier molecular flexibility index (Phi) is 11.0. The van der Waals surface area contributed by atoms with Gasteiger partial charge >= 0.3 is 0 Å². The molecule has 6 heteroatoms. The SMILES string of the molecule is COCCOCCN1CCC(OC)CC1CN.Cl. The molecule has 0 aromatic carbocycles. The number of ether oxygens (including phenoxy) is 3. The number of likely N-dealkylation sites (tertiary alicyclic amines) is 1. The van der Waals surface area contributed by atoms with E-state index in [9.17, 15) is 0 Å². The van der Waals surface area contributed by atoms with Gasteiger partial charge in [-0.25, -0.2) is 0 Å². The van der Waals surface area contributed by atoms with Gasteiger partial charge in [0.15, 0.2) is 0 Å². The van der Waals surface area contributed by atoms with E-state index in [4.69, 9.17) is 19.9 Å². The molecule has 0 saturated carbocycles. The highest BCUT2D eigenvalue weighted by Gasteiger charge is 2.26. The Morgan fingerprint density at radius 3 is 2.61 bits per heavy atom. The van der Waals surface area contributed by atoms with Gasteiger partial charge in [0.05, 0.1) is 25.9 Å². The highest BCUT2D eigenvalue weighted by atomic mass is 35.5. The van der Waals surface area contributed by atoms with Crippen molar-refractivity contribution >= 4 is 12.4 Å². The van der Waals surface area contributed by atoms with E-state index in [1.807, 2.05) is 0 Å². The van der Waals surface area contributed by atoms with Crippen molar-refractivity contribution < 1.29 is 14.2 Å². The van der Waals surface area contributed by atoms with Crippen LogP contribution in [0.15, 0.2) is 0 Å². The molecule has 1 fully saturated rings. The molecule has 2 unspecified atom stereocenters. The summed E-state index contributed by atoms with van der Waals surface area (Å²) in [5.41, 5.74) is 5.80. The maximum Gasteiger partial charge on any atom is 0.0700 e. The summed E-state index contributed by atoms with van der Waals surface area (Å²) in [4.78, 5) is 2.41. The number of hydrogen-bond acceptors (Lipinski definition) is 5. The first-order valence-electron chi connectivity index (χ1n) is 6.35. The van der Waals surface area contributed by atoms with Gasteiger partial charge in [0.2, 0.25) is 0 Å². The second-order valence-electron chi connectivity index (χ2n) is 4.41. The third-order valence-electron chi connectivity index (χ3n) is 3.35. The van der Waals surface area contributed by atoms with Gasteiger partial charge in [-0.1, -0.05) is 0 Å². The molecule has 1 aliphatic rings. The maximum absolute atomic E-state index is 5.80. The molecule has 1 saturated heterocycles. The Balaban J connectivity index is 0.00000289. The van der Waals surface area contributed by atoms with Gasteiger partial charge in [-0.2, -0.15) is 0 Å². The van der Waals surface area contributed by atoms with Crippen LogP contribution < -0.4 is 5.73 Å². The summed E-state index contributed by atoms with van der Waals surface area (Å²) in [5.74, 6) is 0. The lowest BCUT2D eigenvalue weighted by Crippen LogP contribution is -2.49. The van der Waals surface area contributed by atoms with Gasteiger partial charge in [0.1, 0.15) is 0 Å². The highest BCUT2D eigenvalue weighted by molar-refractivity contribution is 5.85. The second kappa shape index (κ2) is 11.0. The molecule has 0 amide bonds. The maximum atomic E-state index is 5.80. The van der Waals surface area contributed by atoms with Crippen molar-refractivity contribution in [2.45, 2.75) is 25.0 Å². The second-order valence-corrected chi connectivity index (χ2v) is 4.41. The quantitative estimate of drug-likeness (QED) is 0.658. The fraction of sp³-hybridized carbons (Fsp3) is 1.00. The summed E-state index contributed by atoms with van der Waals surface area (Å²) in [6.07, 6.45) is 2.49. The fourth-order valence-electron chi connectivity index (χ4n) is 2.24. The predicted molar refractivity (Wildman–Crippen MR) is 74.4 cm³/mol. The number of nitrogens with zero attached hydrogens (tertiary/aromatic N) is 1. The van der Waals surface area contributed by atoms with Crippen LogP contribution in [-0.2, 0) is 14.2 Å². The standard InChI is InChI=1S/C12H26N2O3.ClH/c1-15-7-8-17-6-5-14-4-3-12(16-2)9-11(14)10-13;/h11-12H,3-10,13H2,1-2H3;1H. The normalized spacial score (nSPS) is 24.8. The first-order valence-corrected chi connectivity index (χ1v) is 6.35. The van der Waals surface area contributed by atoms with Gasteiger partial charge in [0, 0.05) is 39.9 Å². The number of nitrogens with two attached hydrogens (primary N) is 1. The Morgan fingerprint density at radius 2 is 2.00 bits per heavy atom. The Labute approximate surface area is 116 Å². The molecule has 0 bridgehead atoms. The van der Waals surface area contributed by atoms with Crippen LogP contribution >= 0.6 is 12.4 Å². The third kappa shape index (κ3) is 6.31. The van der Waals surface area contributed by atoms with Crippen molar-refractivity contribution in [3.63, 3.8) is 0 Å². The number of piperidine rings is 1. The van der Waals surface area contributed by atoms with E-state index in [0.29, 0.717) is 31.9 Å². The summed E-state index contributed by atoms with van der Waals surface area (Å²) in [6, 6.07) is 0.430. The van der Waals surface area contributed by atoms with E-state index < -0.39 is 0 Å². The zero-order valence-electron chi connectivity index (χ0n) is 11.5. The zero-order chi connectivity index (χ0) is 12.5. The van der Waals surface area contributed by atoms with E-state index in [-0.39, 0.29) is 12.4 Å². The predicted octanol–water partition coefficient (Wildman–Crippen LogP) is 0.509. The Morgan fingerprint density at radius 1 is 1.22 bits per heavy atom. The number of methoxy groups -OCH3 is 2. The van der Waals surface area contributed by atoms with Crippen LogP contribution in [0, 0.1) is 0 Å². The van der Waals surface area contributed by atoms with E-state index in [0.717, 1.165) is 32.5 Å². The van der Waals surface area contributed by atoms with Crippen molar-refractivity contribution in [2.24, 2.45) is 5.73 Å². The topological polar surface area (TPSA) is 57.0 Å². The molecule has 5 nitrogen and oxygen atoms in total. The van der Waals surface area contributed by atoms with Crippen LogP contribution in [0.3, 0.4) is 0 Å². The van der Waals surface area contributed by atoms with Gasteiger partial charge in [-0.15, -0.1) is 12.4 Å². The molecular weight excluding hydrogens is 256 g/mol. The van der Waals surface area contributed by atoms with Gasteiger partial charge in [-0.05, 0) is 12.8 Å². The molecule has 18 heavy (non-hydrogen) atoms. The third-order valence-corrected chi connectivity index (χ3v) is 3.35. The lowest BCUT2D eigenvalue weighted by Gasteiger charge is -2.38. The Bertz CT molecular complexity index is 198. The molecule has 0 aromatic heterocycles. The average Bonchev–Trinajstić information content (AvgIpc) is 2.38. The van der Waals surface area contributed by atoms with Crippen LogP contribution in [0.1, 0.15) is 12.8 Å². The molecule has 2 atom stereocenters. The van der Waals surface area contributed by atoms with E-state index in [2.05, 4.69) is 4.90 Å². The van der Waals surface area contributed by atoms with E-state index in [1.165, 1.54) is 0 Å². The molecular formula is C12H27ClN2O3. The molecule has 1 aliphatic heterocycles. The summed E-state index contributed by atoms with van der Waals surface area (Å²) in [5, 5.41) is 0. The first kappa shape index (κ1) is 18.1. The van der Waals surface area contributed by atoms with Crippen LogP contribution in [0.4, 0.5) is 0 Å². The van der Waals surface area contributed by atoms with Crippen molar-refractivity contribution in [3.05, 3.63) is 0 Å². The van der Waals surface area contributed by atoms with E-state index in [1.54, 1.807) is 14.2 Å². The van der Waals surface area contributed by atoms with Crippen molar-refractivity contribution in [1.82, 2.24) is 4.90 Å². The minimum Gasteiger partial charge on any atom is -0.382 e. The summed E-state index contributed by atoms with van der Waals surface area (Å²) in [6.45, 7) is 4.76. The summed E-state index contributed by atoms with van der Waals surface area (Å²) >= 11 is 0. The number of hydrogen-bond donors (Lipinski definition) is 1. The average molecular weight is 283 g/mol. The zero-order valence-corrected chi connectivity index (χ0v) is 12.3.